The molecule has 1 rings (SSSR count). The number of ether oxygens (including phenoxy) is 1. The van der Waals surface area contributed by atoms with Gasteiger partial charge in [0, 0.05) is 17.6 Å². The van der Waals surface area contributed by atoms with Crippen molar-refractivity contribution in [3.63, 3.8) is 0 Å². The van der Waals surface area contributed by atoms with Gasteiger partial charge in [-0.15, -0.1) is 0 Å². The average Bonchev–Trinajstić information content (AvgIpc) is 2.23. The zero-order valence-electron chi connectivity index (χ0n) is 8.80. The van der Waals surface area contributed by atoms with Gasteiger partial charge in [-0.1, -0.05) is 11.6 Å². The van der Waals surface area contributed by atoms with Crippen LogP contribution in [-0.2, 0) is 0 Å². The Morgan fingerprint density at radius 3 is 2.87 bits per heavy atom. The Bertz CT molecular complexity index is 385. The monoisotopic (exact) mass is 224 g/mol. The zero-order valence-corrected chi connectivity index (χ0v) is 9.56. The van der Waals surface area contributed by atoms with E-state index >= 15 is 0 Å². The number of nitrogens with zero attached hydrogens (tertiary/aromatic N) is 1. The van der Waals surface area contributed by atoms with Crippen LogP contribution < -0.4 is 10.1 Å². The highest BCUT2D eigenvalue weighted by Crippen LogP contribution is 2.30. The molecule has 0 spiro atoms. The smallest absolute Gasteiger partial charge is 0.143 e. The zero-order chi connectivity index (χ0) is 11.3. The quantitative estimate of drug-likeness (QED) is 0.800. The molecule has 80 valence electrons. The Hall–Kier alpha value is -1.40. The van der Waals surface area contributed by atoms with Gasteiger partial charge in [-0.05, 0) is 18.6 Å². The van der Waals surface area contributed by atoms with Crippen LogP contribution in [0.4, 0.5) is 5.69 Å². The number of halogens is 1. The van der Waals surface area contributed by atoms with E-state index < -0.39 is 0 Å². The molecule has 0 saturated heterocycles. The van der Waals surface area contributed by atoms with Crippen LogP contribution >= 0.6 is 11.6 Å². The van der Waals surface area contributed by atoms with E-state index in [9.17, 15) is 0 Å². The second-order valence-electron chi connectivity index (χ2n) is 3.14. The topological polar surface area (TPSA) is 45.0 Å². The summed E-state index contributed by atoms with van der Waals surface area (Å²) in [6.07, 6.45) is 0.463. The molecule has 0 heterocycles. The second-order valence-corrected chi connectivity index (χ2v) is 3.54. The number of methoxy groups -OCH3 is 1. The van der Waals surface area contributed by atoms with Gasteiger partial charge in [0.05, 0.1) is 25.3 Å². The third-order valence-corrected chi connectivity index (χ3v) is 2.44. The highest BCUT2D eigenvalue weighted by molar-refractivity contribution is 6.31. The van der Waals surface area contributed by atoms with Crippen LogP contribution in [0.15, 0.2) is 12.1 Å². The lowest BCUT2D eigenvalue weighted by Crippen LogP contribution is -2.02. The number of hydrogen-bond acceptors (Lipinski definition) is 3. The van der Waals surface area contributed by atoms with E-state index in [2.05, 4.69) is 11.4 Å². The van der Waals surface area contributed by atoms with Gasteiger partial charge in [0.2, 0.25) is 0 Å². The predicted octanol–water partition coefficient (Wildman–Crippen LogP) is 2.98. The molecular weight excluding hydrogens is 212 g/mol. The van der Waals surface area contributed by atoms with Crippen molar-refractivity contribution in [3.8, 4) is 11.8 Å². The third kappa shape index (κ3) is 3.03. The molecule has 1 aromatic carbocycles. The summed E-state index contributed by atoms with van der Waals surface area (Å²) in [5.74, 6) is 0.698. The summed E-state index contributed by atoms with van der Waals surface area (Å²) in [6.45, 7) is 2.53. The molecule has 0 aliphatic rings. The number of rotatable bonds is 4. The minimum atomic E-state index is 0.463. The molecule has 0 unspecified atom stereocenters. The molecular formula is C11H13ClN2O. The van der Waals surface area contributed by atoms with Crippen LogP contribution in [0.2, 0.25) is 5.02 Å². The predicted molar refractivity (Wildman–Crippen MR) is 61.5 cm³/mol. The van der Waals surface area contributed by atoms with Crippen LogP contribution in [-0.4, -0.2) is 13.7 Å². The van der Waals surface area contributed by atoms with Gasteiger partial charge < -0.3 is 10.1 Å². The third-order valence-electron chi connectivity index (χ3n) is 2.03. The van der Waals surface area contributed by atoms with Crippen molar-refractivity contribution >= 4 is 17.3 Å². The Morgan fingerprint density at radius 1 is 1.53 bits per heavy atom. The number of hydrogen-bond donors (Lipinski definition) is 1. The first-order chi connectivity index (χ1) is 7.19. The lowest BCUT2D eigenvalue weighted by Gasteiger charge is -2.11. The molecule has 0 fully saturated rings. The number of aryl methyl sites for hydroxylation is 1. The van der Waals surface area contributed by atoms with Crippen molar-refractivity contribution in [2.24, 2.45) is 0 Å². The highest BCUT2D eigenvalue weighted by Gasteiger charge is 2.05. The largest absolute Gasteiger partial charge is 0.495 e. The van der Waals surface area contributed by atoms with E-state index in [4.69, 9.17) is 21.6 Å². The van der Waals surface area contributed by atoms with Crippen molar-refractivity contribution in [2.75, 3.05) is 19.0 Å². The Labute approximate surface area is 94.6 Å². The number of nitriles is 1. The van der Waals surface area contributed by atoms with Gasteiger partial charge in [-0.25, -0.2) is 0 Å². The van der Waals surface area contributed by atoms with Crippen molar-refractivity contribution in [3.05, 3.63) is 22.7 Å². The number of benzene rings is 1. The molecule has 0 aliphatic heterocycles. The Morgan fingerprint density at radius 2 is 2.27 bits per heavy atom. The number of nitrogens with one attached hydrogen (secondary N) is 1. The van der Waals surface area contributed by atoms with Crippen LogP contribution in [0.1, 0.15) is 12.0 Å². The molecule has 1 aromatic rings. The van der Waals surface area contributed by atoms with Crippen molar-refractivity contribution in [1.82, 2.24) is 0 Å². The van der Waals surface area contributed by atoms with Gasteiger partial charge >= 0.3 is 0 Å². The molecule has 0 atom stereocenters. The van der Waals surface area contributed by atoms with E-state index in [1.165, 1.54) is 0 Å². The van der Waals surface area contributed by atoms with Crippen LogP contribution in [0.5, 0.6) is 5.75 Å². The van der Waals surface area contributed by atoms with Gasteiger partial charge in [0.25, 0.3) is 0 Å². The van der Waals surface area contributed by atoms with Gasteiger partial charge in [-0.2, -0.15) is 5.26 Å². The van der Waals surface area contributed by atoms with Crippen molar-refractivity contribution < 1.29 is 4.74 Å². The maximum absolute atomic E-state index is 8.43. The Kier molecular flexibility index (Phi) is 4.26. The van der Waals surface area contributed by atoms with Crippen LogP contribution in [0.25, 0.3) is 0 Å². The minimum absolute atomic E-state index is 0.463. The van der Waals surface area contributed by atoms with E-state index in [1.807, 2.05) is 13.0 Å². The van der Waals surface area contributed by atoms with E-state index in [0.717, 1.165) is 11.3 Å². The van der Waals surface area contributed by atoms with Crippen LogP contribution in [0.3, 0.4) is 0 Å². The maximum atomic E-state index is 8.43. The summed E-state index contributed by atoms with van der Waals surface area (Å²) in [7, 11) is 1.59. The fourth-order valence-electron chi connectivity index (χ4n) is 1.22. The van der Waals surface area contributed by atoms with E-state index in [0.29, 0.717) is 23.7 Å². The summed E-state index contributed by atoms with van der Waals surface area (Å²) in [6, 6.07) is 5.76. The first kappa shape index (κ1) is 11.7. The second kappa shape index (κ2) is 5.47. The lowest BCUT2D eigenvalue weighted by atomic mass is 10.2. The normalized spacial score (nSPS) is 9.47. The summed E-state index contributed by atoms with van der Waals surface area (Å²) in [5, 5.41) is 12.2. The van der Waals surface area contributed by atoms with Crippen molar-refractivity contribution in [2.45, 2.75) is 13.3 Å². The molecule has 0 aromatic heterocycles. The van der Waals surface area contributed by atoms with Gasteiger partial charge in [0.1, 0.15) is 5.75 Å². The fourth-order valence-corrected chi connectivity index (χ4v) is 1.38. The molecule has 0 amide bonds. The molecule has 3 nitrogen and oxygen atoms in total. The van der Waals surface area contributed by atoms with E-state index in [1.54, 1.807) is 13.2 Å². The molecule has 4 heteroatoms. The summed E-state index contributed by atoms with van der Waals surface area (Å²) >= 11 is 5.97. The van der Waals surface area contributed by atoms with Gasteiger partial charge in [-0.3, -0.25) is 0 Å². The first-order valence-electron chi connectivity index (χ1n) is 4.64. The lowest BCUT2D eigenvalue weighted by molar-refractivity contribution is 0.416. The molecule has 0 saturated carbocycles. The molecule has 0 aliphatic carbocycles. The number of anilines is 1. The van der Waals surface area contributed by atoms with Crippen LogP contribution in [0, 0.1) is 18.3 Å². The summed E-state index contributed by atoms with van der Waals surface area (Å²) in [5.41, 5.74) is 1.85. The van der Waals surface area contributed by atoms with Gasteiger partial charge in [0.15, 0.2) is 0 Å². The first-order valence-corrected chi connectivity index (χ1v) is 5.01. The molecule has 15 heavy (non-hydrogen) atoms. The SMILES string of the molecule is COc1cc(Cl)c(C)cc1NCCC#N. The highest BCUT2D eigenvalue weighted by atomic mass is 35.5. The summed E-state index contributed by atoms with van der Waals surface area (Å²) < 4.78 is 5.18. The molecule has 0 radical (unpaired) electrons. The molecule has 0 bridgehead atoms. The van der Waals surface area contributed by atoms with Crippen molar-refractivity contribution in [1.29, 1.82) is 5.26 Å². The Balaban J connectivity index is 2.86. The summed E-state index contributed by atoms with van der Waals surface area (Å²) in [4.78, 5) is 0. The minimum Gasteiger partial charge on any atom is -0.495 e. The standard InChI is InChI=1S/C11H13ClN2O/c1-8-6-10(14-5-3-4-13)11(15-2)7-9(8)12/h6-7,14H,3,5H2,1-2H3. The molecule has 1 N–H and O–H groups in total. The fraction of sp³-hybridized carbons (Fsp3) is 0.364. The maximum Gasteiger partial charge on any atom is 0.143 e. The van der Waals surface area contributed by atoms with E-state index in [-0.39, 0.29) is 0 Å². The average molecular weight is 225 g/mol.